The predicted octanol–water partition coefficient (Wildman–Crippen LogP) is 5.13. The smallest absolute Gasteiger partial charge is 0.250 e. The average molecular weight is 479 g/mol. The summed E-state index contributed by atoms with van der Waals surface area (Å²) in [6.45, 7) is 0.499. The molecule has 1 fully saturated rings. The fourth-order valence-corrected chi connectivity index (χ4v) is 6.72. The van der Waals surface area contributed by atoms with Crippen LogP contribution < -0.4 is 10.1 Å². The van der Waals surface area contributed by atoms with Crippen LogP contribution in [-0.4, -0.2) is 36.8 Å². The molecule has 3 aromatic rings. The fourth-order valence-electron chi connectivity index (χ4n) is 6.18. The zero-order valence-corrected chi connectivity index (χ0v) is 19.3. The Morgan fingerprint density at radius 2 is 1.79 bits per heavy atom. The molecule has 2 spiro atoms. The van der Waals surface area contributed by atoms with Crippen LogP contribution in [0.5, 0.6) is 5.75 Å². The zero-order valence-electron chi connectivity index (χ0n) is 17.8. The van der Waals surface area contributed by atoms with Gasteiger partial charge in [-0.2, -0.15) is 0 Å². The topological polar surface area (TPSA) is 58.6 Å². The van der Waals surface area contributed by atoms with Crippen molar-refractivity contribution in [1.82, 2.24) is 4.90 Å². The average Bonchev–Trinajstić information content (AvgIpc) is 3.25. The van der Waals surface area contributed by atoms with Gasteiger partial charge in [0, 0.05) is 33.8 Å². The third-order valence-electron chi connectivity index (χ3n) is 7.49. The number of hydrogen-bond acceptors (Lipinski definition) is 4. The van der Waals surface area contributed by atoms with E-state index in [2.05, 4.69) is 5.32 Å². The number of benzene rings is 3. The van der Waals surface area contributed by atoms with Crippen LogP contribution >= 0.6 is 23.2 Å². The van der Waals surface area contributed by atoms with Crippen molar-refractivity contribution in [2.24, 2.45) is 5.41 Å². The van der Waals surface area contributed by atoms with Crippen molar-refractivity contribution >= 4 is 40.6 Å². The van der Waals surface area contributed by atoms with E-state index < -0.39 is 16.9 Å². The Hall–Kier alpha value is -2.86. The molecular weight excluding hydrogens is 459 g/mol. The van der Waals surface area contributed by atoms with Crippen molar-refractivity contribution in [2.75, 3.05) is 25.5 Å². The second-order valence-corrected chi connectivity index (χ2v) is 9.74. The summed E-state index contributed by atoms with van der Waals surface area (Å²) >= 11 is 12.9. The number of carbonyl (C=O) groups is 2. The van der Waals surface area contributed by atoms with Gasteiger partial charge in [0.15, 0.2) is 5.78 Å². The van der Waals surface area contributed by atoms with Gasteiger partial charge in [0.05, 0.1) is 5.56 Å². The maximum atomic E-state index is 14.5. The maximum Gasteiger partial charge on any atom is 0.250 e. The molecule has 7 heteroatoms. The van der Waals surface area contributed by atoms with Crippen LogP contribution in [0.1, 0.15) is 27.4 Å². The molecule has 3 aromatic carbocycles. The molecule has 5 nitrogen and oxygen atoms in total. The molecule has 0 saturated carbocycles. The van der Waals surface area contributed by atoms with Crippen LogP contribution in [0.2, 0.25) is 10.0 Å². The van der Waals surface area contributed by atoms with E-state index >= 15 is 0 Å². The number of anilines is 1. The van der Waals surface area contributed by atoms with Crippen LogP contribution in [0.3, 0.4) is 0 Å². The molecule has 166 valence electrons. The second-order valence-electron chi connectivity index (χ2n) is 8.89. The fraction of sp³-hybridized carbons (Fsp3) is 0.231. The van der Waals surface area contributed by atoms with Crippen molar-refractivity contribution in [1.29, 1.82) is 0 Å². The van der Waals surface area contributed by atoms with Gasteiger partial charge in [-0.15, -0.1) is 0 Å². The number of rotatable bonds is 1. The lowest BCUT2D eigenvalue weighted by Gasteiger charge is -2.47. The normalized spacial score (nSPS) is 28.0. The highest BCUT2D eigenvalue weighted by atomic mass is 35.5. The molecule has 3 heterocycles. The number of likely N-dealkylation sites (N-methyl/N-ethyl adjacent to an activating group) is 1. The minimum absolute atomic E-state index is 0.0541. The molecule has 0 aromatic heterocycles. The number of para-hydroxylation sites is 2. The lowest BCUT2D eigenvalue weighted by atomic mass is 9.57. The van der Waals surface area contributed by atoms with Gasteiger partial charge in [0.1, 0.15) is 23.3 Å². The van der Waals surface area contributed by atoms with E-state index in [1.54, 1.807) is 24.3 Å². The van der Waals surface area contributed by atoms with Crippen molar-refractivity contribution in [3.63, 3.8) is 0 Å². The summed E-state index contributed by atoms with van der Waals surface area (Å²) in [5.41, 5.74) is 0.264. The highest BCUT2D eigenvalue weighted by Crippen LogP contribution is 2.65. The van der Waals surface area contributed by atoms with E-state index in [0.29, 0.717) is 33.6 Å². The Morgan fingerprint density at radius 1 is 1.03 bits per heavy atom. The van der Waals surface area contributed by atoms with Gasteiger partial charge >= 0.3 is 0 Å². The summed E-state index contributed by atoms with van der Waals surface area (Å²) in [4.78, 5) is 30.4. The molecule has 0 unspecified atom stereocenters. The first kappa shape index (κ1) is 20.7. The summed E-state index contributed by atoms with van der Waals surface area (Å²) in [6, 6.07) is 20.1. The lowest BCUT2D eigenvalue weighted by molar-refractivity contribution is -0.131. The van der Waals surface area contributed by atoms with Crippen LogP contribution in [0, 0.1) is 5.41 Å². The first-order valence-electron chi connectivity index (χ1n) is 10.7. The maximum absolute atomic E-state index is 14.5. The van der Waals surface area contributed by atoms with Crippen molar-refractivity contribution in [3.8, 4) is 5.75 Å². The summed E-state index contributed by atoms with van der Waals surface area (Å²) < 4.78 is 6.25. The Bertz CT molecular complexity index is 1340. The number of halogens is 2. The highest BCUT2D eigenvalue weighted by molar-refractivity contribution is 6.35. The SMILES string of the molecule is CN1C[C@H](c2ccc(Cl)cc2Cl)[C@@]2(COc3ccccc3C2=O)[C@]12C(=O)Nc1ccccc12. The van der Waals surface area contributed by atoms with Gasteiger partial charge < -0.3 is 10.1 Å². The molecule has 0 aliphatic carbocycles. The first-order valence-corrected chi connectivity index (χ1v) is 11.5. The highest BCUT2D eigenvalue weighted by Gasteiger charge is 2.75. The molecule has 33 heavy (non-hydrogen) atoms. The molecule has 1 saturated heterocycles. The number of fused-ring (bicyclic) bond motifs is 4. The van der Waals surface area contributed by atoms with Crippen LogP contribution in [0.4, 0.5) is 5.69 Å². The lowest BCUT2D eigenvalue weighted by Crippen LogP contribution is -2.62. The van der Waals surface area contributed by atoms with E-state index in [9.17, 15) is 9.59 Å². The van der Waals surface area contributed by atoms with Crippen molar-refractivity contribution in [3.05, 3.63) is 93.5 Å². The van der Waals surface area contributed by atoms with E-state index in [1.165, 1.54) is 0 Å². The molecule has 3 atom stereocenters. The van der Waals surface area contributed by atoms with Gasteiger partial charge in [-0.1, -0.05) is 59.6 Å². The van der Waals surface area contributed by atoms with Gasteiger partial charge in [-0.25, -0.2) is 0 Å². The van der Waals surface area contributed by atoms with Crippen molar-refractivity contribution < 1.29 is 14.3 Å². The number of likely N-dealkylation sites (tertiary alicyclic amines) is 1. The molecular formula is C26H20Cl2N2O3. The third-order valence-corrected chi connectivity index (χ3v) is 8.06. The Kier molecular flexibility index (Phi) is 4.44. The van der Waals surface area contributed by atoms with E-state index in [4.69, 9.17) is 27.9 Å². The Labute approximate surface area is 201 Å². The number of carbonyl (C=O) groups excluding carboxylic acids is 2. The predicted molar refractivity (Wildman–Crippen MR) is 127 cm³/mol. The van der Waals surface area contributed by atoms with Crippen LogP contribution in [-0.2, 0) is 10.3 Å². The number of ketones is 1. The summed E-state index contributed by atoms with van der Waals surface area (Å²) in [7, 11) is 1.89. The molecule has 6 rings (SSSR count). The van der Waals surface area contributed by atoms with Gasteiger partial charge in [-0.05, 0) is 42.9 Å². The van der Waals surface area contributed by atoms with E-state index in [-0.39, 0.29) is 18.3 Å². The van der Waals surface area contributed by atoms with Crippen LogP contribution in [0.25, 0.3) is 0 Å². The Morgan fingerprint density at radius 3 is 2.61 bits per heavy atom. The second kappa shape index (κ2) is 7.07. The van der Waals surface area contributed by atoms with E-state index in [0.717, 1.165) is 11.1 Å². The zero-order chi connectivity index (χ0) is 23.0. The van der Waals surface area contributed by atoms with Gasteiger partial charge in [0.25, 0.3) is 5.91 Å². The first-order chi connectivity index (χ1) is 15.9. The minimum Gasteiger partial charge on any atom is -0.492 e. The van der Waals surface area contributed by atoms with Gasteiger partial charge in [-0.3, -0.25) is 14.5 Å². The van der Waals surface area contributed by atoms with Crippen LogP contribution in [0.15, 0.2) is 66.7 Å². The number of nitrogens with one attached hydrogen (secondary N) is 1. The molecule has 3 aliphatic rings. The monoisotopic (exact) mass is 478 g/mol. The van der Waals surface area contributed by atoms with Crippen molar-refractivity contribution in [2.45, 2.75) is 11.5 Å². The Balaban J connectivity index is 1.68. The third kappa shape index (κ3) is 2.47. The number of hydrogen-bond donors (Lipinski definition) is 1. The number of Topliss-reactive ketones (excluding diaryl/α,β-unsaturated/α-hetero) is 1. The minimum atomic E-state index is -1.25. The molecule has 1 N–H and O–H groups in total. The quantitative estimate of drug-likeness (QED) is 0.526. The number of ether oxygens (including phenoxy) is 1. The molecule has 0 bridgehead atoms. The molecule has 1 amide bonds. The summed E-state index contributed by atoms with van der Waals surface area (Å²) in [5.74, 6) is -0.206. The largest absolute Gasteiger partial charge is 0.492 e. The van der Waals surface area contributed by atoms with Gasteiger partial charge in [0.2, 0.25) is 0 Å². The molecule has 3 aliphatic heterocycles. The molecule has 0 radical (unpaired) electrons. The van der Waals surface area contributed by atoms with E-state index in [1.807, 2.05) is 54.4 Å². The number of amides is 1. The summed E-state index contributed by atoms with van der Waals surface area (Å²) in [6.07, 6.45) is 0. The standard InChI is InChI=1S/C26H20Cl2N2O3/c1-30-13-19(16-11-10-15(27)12-20(16)28)25(14-33-22-9-5-2-6-17(22)23(25)31)26(30)18-7-3-4-8-21(18)29-24(26)32/h2-12,19H,13-14H2,1H3,(H,29,32)/t19-,25-,26+/m1/s1. The summed E-state index contributed by atoms with van der Waals surface area (Å²) in [5, 5.41) is 4.01. The number of nitrogens with zero attached hydrogens (tertiary/aromatic N) is 1.